The van der Waals surface area contributed by atoms with Crippen LogP contribution in [-0.2, 0) is 0 Å². The number of fused-ring (bicyclic) bond motifs is 1. The van der Waals surface area contributed by atoms with Gasteiger partial charge < -0.3 is 0 Å². The summed E-state index contributed by atoms with van der Waals surface area (Å²) in [4.78, 5) is 0. The molecule has 0 atom stereocenters. The summed E-state index contributed by atoms with van der Waals surface area (Å²) in [5, 5.41) is 8.23. The van der Waals surface area contributed by atoms with Crippen molar-refractivity contribution in [3.8, 4) is 0 Å². The third-order valence-corrected chi connectivity index (χ3v) is 1.65. The fourth-order valence-corrected chi connectivity index (χ4v) is 1.09. The van der Waals surface area contributed by atoms with Gasteiger partial charge in [-0.15, -0.1) is 0 Å². The molecule has 0 amide bonds. The lowest BCUT2D eigenvalue weighted by Crippen LogP contribution is -1.67. The average molecular weight is 148 g/mol. The number of H-pyrrole nitrogens is 1. The van der Waals surface area contributed by atoms with Crippen LogP contribution in [0.2, 0.25) is 0 Å². The van der Waals surface area contributed by atoms with Crippen molar-refractivity contribution in [1.82, 2.24) is 10.2 Å². The highest BCUT2D eigenvalue weighted by atomic mass is 15.1. The van der Waals surface area contributed by atoms with Crippen molar-refractivity contribution in [2.45, 2.75) is 14.4 Å². The quantitative estimate of drug-likeness (QED) is 0.611. The molecule has 2 nitrogen and oxygen atoms in total. The summed E-state index contributed by atoms with van der Waals surface area (Å²) >= 11 is 0. The summed E-state index contributed by atoms with van der Waals surface area (Å²) in [5.74, 6) is 0. The van der Waals surface area contributed by atoms with Crippen LogP contribution in [-0.4, -0.2) is 10.2 Å². The third kappa shape index (κ3) is 1.11. The topological polar surface area (TPSA) is 28.7 Å². The first kappa shape index (κ1) is 7.79. The number of nitrogens with one attached hydrogen (secondary N) is 1. The Hall–Kier alpha value is -1.31. The molecule has 1 aromatic heterocycles. The third-order valence-electron chi connectivity index (χ3n) is 1.65. The molecule has 0 radical (unpaired) electrons. The van der Waals surface area contributed by atoms with Gasteiger partial charge in [-0.3, -0.25) is 5.10 Å². The molecule has 1 heterocycles. The van der Waals surface area contributed by atoms with Crippen LogP contribution in [0, 0.1) is 6.92 Å². The zero-order valence-electron chi connectivity index (χ0n) is 5.76. The second-order valence-corrected chi connectivity index (χ2v) is 2.37. The Morgan fingerprint density at radius 1 is 1.27 bits per heavy atom. The van der Waals surface area contributed by atoms with Crippen molar-refractivity contribution in [2.75, 3.05) is 0 Å². The maximum absolute atomic E-state index is 4.09. The zero-order valence-corrected chi connectivity index (χ0v) is 5.76. The van der Waals surface area contributed by atoms with E-state index in [0.717, 1.165) is 11.2 Å². The van der Waals surface area contributed by atoms with E-state index in [1.807, 2.05) is 25.1 Å². The van der Waals surface area contributed by atoms with Gasteiger partial charge in [0.15, 0.2) is 0 Å². The van der Waals surface area contributed by atoms with Crippen LogP contribution in [0.5, 0.6) is 0 Å². The van der Waals surface area contributed by atoms with Crippen LogP contribution in [0.4, 0.5) is 0 Å². The Labute approximate surface area is 66.2 Å². The van der Waals surface area contributed by atoms with E-state index < -0.39 is 0 Å². The number of aromatic amines is 1. The Bertz CT molecular complexity index is 349. The largest absolute Gasteiger partial charge is 0.282 e. The first-order valence-corrected chi connectivity index (χ1v) is 3.27. The molecule has 0 saturated carbocycles. The maximum Gasteiger partial charge on any atom is 0.0923 e. The second kappa shape index (κ2) is 2.74. The molecule has 0 saturated heterocycles. The van der Waals surface area contributed by atoms with E-state index in [4.69, 9.17) is 0 Å². The normalized spacial score (nSPS) is 9.55. The van der Waals surface area contributed by atoms with Gasteiger partial charge in [-0.05, 0) is 13.0 Å². The molecule has 0 spiro atoms. The Balaban J connectivity index is 0.000000605. The molecule has 1 aromatic carbocycles. The molecule has 0 aliphatic heterocycles. The van der Waals surface area contributed by atoms with Gasteiger partial charge >= 0.3 is 0 Å². The molecule has 2 rings (SSSR count). The average Bonchev–Trinajstić information content (AvgIpc) is 2.34. The number of nitrogens with zero attached hydrogens (tertiary/aromatic N) is 1. The second-order valence-electron chi connectivity index (χ2n) is 2.37. The van der Waals surface area contributed by atoms with Gasteiger partial charge in [0.1, 0.15) is 0 Å². The molecule has 0 fully saturated rings. The minimum atomic E-state index is 0. The lowest BCUT2D eigenvalue weighted by Gasteiger charge is -1.84. The SMILES string of the molecule is C.Cc1[nH]nc2ccccc12. The van der Waals surface area contributed by atoms with Crippen molar-refractivity contribution in [1.29, 1.82) is 0 Å². The van der Waals surface area contributed by atoms with Crippen molar-refractivity contribution in [3.05, 3.63) is 30.0 Å². The van der Waals surface area contributed by atoms with E-state index in [1.54, 1.807) is 0 Å². The molecule has 0 aliphatic carbocycles. The van der Waals surface area contributed by atoms with Gasteiger partial charge in [0, 0.05) is 11.1 Å². The fraction of sp³-hybridized carbons (Fsp3) is 0.222. The zero-order chi connectivity index (χ0) is 6.97. The number of benzene rings is 1. The van der Waals surface area contributed by atoms with E-state index in [2.05, 4.69) is 16.3 Å². The minimum Gasteiger partial charge on any atom is -0.282 e. The fourth-order valence-electron chi connectivity index (χ4n) is 1.09. The summed E-state index contributed by atoms with van der Waals surface area (Å²) < 4.78 is 0. The molecule has 11 heavy (non-hydrogen) atoms. The summed E-state index contributed by atoms with van der Waals surface area (Å²) in [7, 11) is 0. The van der Waals surface area contributed by atoms with Crippen molar-refractivity contribution >= 4 is 10.9 Å². The predicted octanol–water partition coefficient (Wildman–Crippen LogP) is 2.51. The molecule has 58 valence electrons. The van der Waals surface area contributed by atoms with E-state index >= 15 is 0 Å². The van der Waals surface area contributed by atoms with Crippen LogP contribution >= 0.6 is 0 Å². The molecular weight excluding hydrogens is 136 g/mol. The molecule has 0 unspecified atom stereocenters. The number of hydrogen-bond donors (Lipinski definition) is 1. The Morgan fingerprint density at radius 2 is 2.00 bits per heavy atom. The molecule has 0 aliphatic rings. The summed E-state index contributed by atoms with van der Waals surface area (Å²) in [5.41, 5.74) is 2.18. The van der Waals surface area contributed by atoms with Crippen LogP contribution in [0.25, 0.3) is 10.9 Å². The number of para-hydroxylation sites is 1. The van der Waals surface area contributed by atoms with Gasteiger partial charge in [-0.2, -0.15) is 5.10 Å². The summed E-state index contributed by atoms with van der Waals surface area (Å²) in [6, 6.07) is 8.07. The van der Waals surface area contributed by atoms with E-state index in [1.165, 1.54) is 5.39 Å². The van der Waals surface area contributed by atoms with Crippen molar-refractivity contribution in [3.63, 3.8) is 0 Å². The van der Waals surface area contributed by atoms with Gasteiger partial charge in [0.25, 0.3) is 0 Å². The van der Waals surface area contributed by atoms with Gasteiger partial charge in [0.2, 0.25) is 0 Å². The first-order chi connectivity index (χ1) is 4.88. The van der Waals surface area contributed by atoms with Gasteiger partial charge in [0.05, 0.1) is 5.52 Å². The molecule has 2 heteroatoms. The van der Waals surface area contributed by atoms with E-state index in [-0.39, 0.29) is 7.43 Å². The van der Waals surface area contributed by atoms with E-state index in [9.17, 15) is 0 Å². The highest BCUT2D eigenvalue weighted by molar-refractivity contribution is 5.80. The standard InChI is InChI=1S/C8H8N2.CH4/c1-6-7-4-2-3-5-8(7)10-9-6;/h2-5H,1H3,(H,9,10);1H4. The van der Waals surface area contributed by atoms with Gasteiger partial charge in [-0.1, -0.05) is 25.6 Å². The highest BCUT2D eigenvalue weighted by Crippen LogP contribution is 2.12. The van der Waals surface area contributed by atoms with Crippen LogP contribution in [0.3, 0.4) is 0 Å². The van der Waals surface area contributed by atoms with E-state index in [0.29, 0.717) is 0 Å². The summed E-state index contributed by atoms with van der Waals surface area (Å²) in [6.45, 7) is 2.02. The number of hydrogen-bond acceptors (Lipinski definition) is 1. The molecule has 1 N–H and O–H groups in total. The lowest BCUT2D eigenvalue weighted by molar-refractivity contribution is 1.07. The van der Waals surface area contributed by atoms with Crippen LogP contribution < -0.4 is 0 Å². The molecule has 0 bridgehead atoms. The smallest absolute Gasteiger partial charge is 0.0923 e. The summed E-state index contributed by atoms with van der Waals surface area (Å²) in [6.07, 6.45) is 0. The van der Waals surface area contributed by atoms with Crippen LogP contribution in [0.15, 0.2) is 24.3 Å². The monoisotopic (exact) mass is 148 g/mol. The number of aryl methyl sites for hydroxylation is 1. The first-order valence-electron chi connectivity index (χ1n) is 3.27. The predicted molar refractivity (Wildman–Crippen MR) is 47.6 cm³/mol. The van der Waals surface area contributed by atoms with Crippen molar-refractivity contribution < 1.29 is 0 Å². The molecular formula is C9H12N2. The Kier molecular flexibility index (Phi) is 1.94. The van der Waals surface area contributed by atoms with Gasteiger partial charge in [-0.25, -0.2) is 0 Å². The number of rotatable bonds is 0. The Morgan fingerprint density at radius 3 is 2.73 bits per heavy atom. The maximum atomic E-state index is 4.09. The van der Waals surface area contributed by atoms with Crippen molar-refractivity contribution in [2.24, 2.45) is 0 Å². The minimum absolute atomic E-state index is 0. The number of aromatic nitrogens is 2. The molecule has 2 aromatic rings. The highest BCUT2D eigenvalue weighted by Gasteiger charge is 1.96. The van der Waals surface area contributed by atoms with Crippen LogP contribution in [0.1, 0.15) is 13.1 Å². The lowest BCUT2D eigenvalue weighted by atomic mass is 10.2.